The zero-order chi connectivity index (χ0) is 24.2. The van der Waals surface area contributed by atoms with Crippen molar-refractivity contribution in [3.05, 3.63) is 83.9 Å². The number of halogens is 1. The first-order valence-electron chi connectivity index (χ1n) is 11.0. The molecule has 0 radical (unpaired) electrons. The van der Waals surface area contributed by atoms with Crippen molar-refractivity contribution in [3.63, 3.8) is 0 Å². The molecule has 1 N–H and O–H groups in total. The van der Waals surface area contributed by atoms with E-state index in [1.807, 2.05) is 26.8 Å². The van der Waals surface area contributed by atoms with Crippen LogP contribution >= 0.6 is 0 Å². The summed E-state index contributed by atoms with van der Waals surface area (Å²) in [5.41, 5.74) is 5.42. The molecule has 0 aliphatic carbocycles. The minimum Gasteiger partial charge on any atom is -0.497 e. The Hall–Kier alpha value is -4.06. The first kappa shape index (κ1) is 23.1. The van der Waals surface area contributed by atoms with Gasteiger partial charge in [0.2, 0.25) is 5.91 Å². The number of allylic oxidation sites excluding steroid dienone is 1. The second-order valence-corrected chi connectivity index (χ2v) is 7.89. The van der Waals surface area contributed by atoms with Crippen LogP contribution in [0.1, 0.15) is 25.0 Å². The van der Waals surface area contributed by atoms with Gasteiger partial charge in [0.25, 0.3) is 0 Å². The Kier molecular flexibility index (Phi) is 6.68. The fourth-order valence-corrected chi connectivity index (χ4v) is 3.92. The SMILES string of the molecule is CCOc1c(/C(C)=C/C(=O)Nc2ccc(OC)cc2)cc2c(-c3ccc(F)cc3)coc2c1C. The molecule has 0 atom stereocenters. The number of carbonyl (C=O) groups excluding carboxylic acids is 1. The molecule has 0 fully saturated rings. The van der Waals surface area contributed by atoms with Gasteiger partial charge in [-0.3, -0.25) is 4.79 Å². The molecule has 4 rings (SSSR count). The van der Waals surface area contributed by atoms with Crippen LogP contribution in [0.2, 0.25) is 0 Å². The van der Waals surface area contributed by atoms with Gasteiger partial charge in [-0.15, -0.1) is 0 Å². The molecule has 0 saturated heterocycles. The Bertz CT molecular complexity index is 1350. The van der Waals surface area contributed by atoms with Gasteiger partial charge in [0, 0.05) is 33.8 Å². The van der Waals surface area contributed by atoms with Gasteiger partial charge in [0.05, 0.1) is 20.0 Å². The summed E-state index contributed by atoms with van der Waals surface area (Å²) in [4.78, 5) is 12.7. The third kappa shape index (κ3) is 4.66. The molecule has 0 aliphatic heterocycles. The summed E-state index contributed by atoms with van der Waals surface area (Å²) in [6.07, 6.45) is 3.21. The summed E-state index contributed by atoms with van der Waals surface area (Å²) in [7, 11) is 1.59. The number of fused-ring (bicyclic) bond motifs is 1. The normalized spacial score (nSPS) is 11.5. The molecule has 0 bridgehead atoms. The zero-order valence-corrected chi connectivity index (χ0v) is 19.6. The highest BCUT2D eigenvalue weighted by atomic mass is 19.1. The maximum absolute atomic E-state index is 13.4. The van der Waals surface area contributed by atoms with Crippen LogP contribution in [0, 0.1) is 12.7 Å². The van der Waals surface area contributed by atoms with Gasteiger partial charge in [0.1, 0.15) is 22.9 Å². The molecular formula is C28H26FNO4. The van der Waals surface area contributed by atoms with Crippen LogP contribution in [0.5, 0.6) is 11.5 Å². The number of furan rings is 1. The molecule has 34 heavy (non-hydrogen) atoms. The third-order valence-electron chi connectivity index (χ3n) is 5.62. The lowest BCUT2D eigenvalue weighted by molar-refractivity contribution is -0.111. The van der Waals surface area contributed by atoms with E-state index in [2.05, 4.69) is 5.32 Å². The van der Waals surface area contributed by atoms with E-state index in [1.165, 1.54) is 12.1 Å². The van der Waals surface area contributed by atoms with Gasteiger partial charge in [-0.25, -0.2) is 4.39 Å². The van der Waals surface area contributed by atoms with E-state index >= 15 is 0 Å². The average molecular weight is 460 g/mol. The lowest BCUT2D eigenvalue weighted by atomic mass is 9.96. The molecular weight excluding hydrogens is 433 g/mol. The van der Waals surface area contributed by atoms with Gasteiger partial charge in [-0.1, -0.05) is 12.1 Å². The van der Waals surface area contributed by atoms with Crippen molar-refractivity contribution < 1.29 is 23.1 Å². The molecule has 1 aromatic heterocycles. The predicted octanol–water partition coefficient (Wildman–Crippen LogP) is 7.00. The molecule has 1 amide bonds. The minimum atomic E-state index is -0.297. The Balaban J connectivity index is 1.74. The number of benzene rings is 3. The fraction of sp³-hybridized carbons (Fsp3) is 0.179. The topological polar surface area (TPSA) is 60.7 Å². The highest BCUT2D eigenvalue weighted by Gasteiger charge is 2.19. The molecule has 174 valence electrons. The van der Waals surface area contributed by atoms with E-state index in [0.29, 0.717) is 29.4 Å². The standard InChI is InChI=1S/C28H26FNO4/c1-5-33-27-18(3)28-24(25(16-34-28)19-6-8-20(29)9-7-19)15-23(27)17(2)14-26(31)30-21-10-12-22(32-4)13-11-21/h6-16H,5H2,1-4H3,(H,30,31)/b17-14+. The molecule has 3 aromatic carbocycles. The molecule has 5 nitrogen and oxygen atoms in total. The number of hydrogen-bond acceptors (Lipinski definition) is 4. The Morgan fingerprint density at radius 1 is 1.12 bits per heavy atom. The number of methoxy groups -OCH3 is 1. The molecule has 6 heteroatoms. The Morgan fingerprint density at radius 3 is 2.47 bits per heavy atom. The van der Waals surface area contributed by atoms with Crippen LogP contribution in [0.15, 0.2) is 71.4 Å². The number of anilines is 1. The molecule has 0 unspecified atom stereocenters. The number of nitrogens with one attached hydrogen (secondary N) is 1. The summed E-state index contributed by atoms with van der Waals surface area (Å²) in [5.74, 6) is 0.829. The third-order valence-corrected chi connectivity index (χ3v) is 5.62. The van der Waals surface area contributed by atoms with Crippen LogP contribution in [0.4, 0.5) is 10.1 Å². The van der Waals surface area contributed by atoms with E-state index in [1.54, 1.807) is 55.8 Å². The van der Waals surface area contributed by atoms with Crippen molar-refractivity contribution in [2.24, 2.45) is 0 Å². The maximum atomic E-state index is 13.4. The number of ether oxygens (including phenoxy) is 2. The lowest BCUT2D eigenvalue weighted by Crippen LogP contribution is -2.09. The van der Waals surface area contributed by atoms with E-state index in [4.69, 9.17) is 13.9 Å². The van der Waals surface area contributed by atoms with Crippen LogP contribution in [0.3, 0.4) is 0 Å². The molecule has 0 spiro atoms. The fourth-order valence-electron chi connectivity index (χ4n) is 3.92. The van der Waals surface area contributed by atoms with Crippen molar-refractivity contribution in [1.82, 2.24) is 0 Å². The second kappa shape index (κ2) is 9.83. The minimum absolute atomic E-state index is 0.256. The van der Waals surface area contributed by atoms with Crippen molar-refractivity contribution >= 4 is 28.1 Å². The van der Waals surface area contributed by atoms with E-state index in [-0.39, 0.29) is 11.7 Å². The predicted molar refractivity (Wildman–Crippen MR) is 133 cm³/mol. The Labute approximate surface area is 197 Å². The monoisotopic (exact) mass is 459 g/mol. The largest absolute Gasteiger partial charge is 0.497 e. The summed E-state index contributed by atoms with van der Waals surface area (Å²) < 4.78 is 30.4. The Morgan fingerprint density at radius 2 is 1.82 bits per heavy atom. The highest BCUT2D eigenvalue weighted by molar-refractivity contribution is 6.06. The van der Waals surface area contributed by atoms with Gasteiger partial charge < -0.3 is 19.2 Å². The maximum Gasteiger partial charge on any atom is 0.248 e. The van der Waals surface area contributed by atoms with Crippen LogP contribution in [0.25, 0.3) is 27.7 Å². The number of aryl methyl sites for hydroxylation is 1. The van der Waals surface area contributed by atoms with Crippen LogP contribution in [-0.4, -0.2) is 19.6 Å². The van der Waals surface area contributed by atoms with E-state index < -0.39 is 0 Å². The zero-order valence-electron chi connectivity index (χ0n) is 19.6. The average Bonchev–Trinajstić information content (AvgIpc) is 3.26. The van der Waals surface area contributed by atoms with Gasteiger partial charge in [-0.2, -0.15) is 0 Å². The van der Waals surface area contributed by atoms with Crippen molar-refractivity contribution in [1.29, 1.82) is 0 Å². The molecule has 4 aromatic rings. The van der Waals surface area contributed by atoms with Crippen molar-refractivity contribution in [2.75, 3.05) is 19.0 Å². The second-order valence-electron chi connectivity index (χ2n) is 7.89. The summed E-state index contributed by atoms with van der Waals surface area (Å²) >= 11 is 0. The van der Waals surface area contributed by atoms with Crippen molar-refractivity contribution in [3.8, 4) is 22.6 Å². The number of amides is 1. The summed E-state index contributed by atoms with van der Waals surface area (Å²) in [5, 5.41) is 3.74. The van der Waals surface area contributed by atoms with E-state index in [0.717, 1.165) is 33.2 Å². The van der Waals surface area contributed by atoms with Crippen LogP contribution < -0.4 is 14.8 Å². The molecule has 0 saturated carbocycles. The molecule has 0 aliphatic rings. The highest BCUT2D eigenvalue weighted by Crippen LogP contribution is 2.40. The van der Waals surface area contributed by atoms with Gasteiger partial charge in [-0.05, 0) is 74.4 Å². The quantitative estimate of drug-likeness (QED) is 0.302. The van der Waals surface area contributed by atoms with Crippen molar-refractivity contribution in [2.45, 2.75) is 20.8 Å². The first-order valence-corrected chi connectivity index (χ1v) is 11.0. The smallest absolute Gasteiger partial charge is 0.248 e. The van der Waals surface area contributed by atoms with Gasteiger partial charge in [0.15, 0.2) is 0 Å². The summed E-state index contributed by atoms with van der Waals surface area (Å²) in [6.45, 7) is 6.18. The van der Waals surface area contributed by atoms with Gasteiger partial charge >= 0.3 is 0 Å². The number of hydrogen-bond donors (Lipinski definition) is 1. The van der Waals surface area contributed by atoms with Crippen LogP contribution in [-0.2, 0) is 4.79 Å². The molecule has 1 heterocycles. The number of carbonyl (C=O) groups is 1. The van der Waals surface area contributed by atoms with E-state index in [9.17, 15) is 9.18 Å². The first-order chi connectivity index (χ1) is 16.4. The lowest BCUT2D eigenvalue weighted by Gasteiger charge is -2.15. The number of rotatable bonds is 7. The summed E-state index contributed by atoms with van der Waals surface area (Å²) in [6, 6.07) is 15.4.